The fourth-order valence-corrected chi connectivity index (χ4v) is 6.08. The topological polar surface area (TPSA) is 57.7 Å². The molecule has 2 heterocycles. The lowest BCUT2D eigenvalue weighted by atomic mass is 10.1. The number of hydrogen-bond acceptors (Lipinski definition) is 4. The molecule has 1 amide bonds. The van der Waals surface area contributed by atoms with Crippen LogP contribution >= 0.6 is 46.1 Å². The Morgan fingerprint density at radius 3 is 2.27 bits per heavy atom. The average molecular weight is 458 g/mol. The summed E-state index contributed by atoms with van der Waals surface area (Å²) in [5.74, 6) is -1.21. The highest BCUT2D eigenvalue weighted by Crippen LogP contribution is 2.29. The van der Waals surface area contributed by atoms with Crippen molar-refractivity contribution in [3.8, 4) is 0 Å². The molecule has 0 bridgehead atoms. The van der Waals surface area contributed by atoms with Crippen LogP contribution in [0.25, 0.3) is 0 Å². The molecule has 1 aromatic heterocycles. The quantitative estimate of drug-likeness (QED) is 0.655. The van der Waals surface area contributed by atoms with Gasteiger partial charge in [0.2, 0.25) is 0 Å². The standard InChI is InChI=1S/C15H12Cl3FN2O3S2/c16-10-8-11(17)12(19)7-9(10)15(22)20-3-5-21(6-4-20)26(23,24)14-2-1-13(18)25-14/h1-2,7-8H,3-6H2. The zero-order valence-electron chi connectivity index (χ0n) is 13.1. The van der Waals surface area contributed by atoms with Crippen molar-refractivity contribution < 1.29 is 17.6 Å². The van der Waals surface area contributed by atoms with Crippen LogP contribution in [0, 0.1) is 5.82 Å². The average Bonchev–Trinajstić information content (AvgIpc) is 3.05. The maximum Gasteiger partial charge on any atom is 0.255 e. The number of carbonyl (C=O) groups is 1. The number of thiophene rings is 1. The Hall–Kier alpha value is -0.900. The van der Waals surface area contributed by atoms with E-state index in [1.165, 1.54) is 27.4 Å². The summed E-state index contributed by atoms with van der Waals surface area (Å²) in [5.41, 5.74) is -0.00471. The molecule has 0 saturated carbocycles. The highest BCUT2D eigenvalue weighted by Gasteiger charge is 2.32. The number of nitrogens with zero attached hydrogens (tertiary/aromatic N) is 2. The van der Waals surface area contributed by atoms with Gasteiger partial charge >= 0.3 is 0 Å². The van der Waals surface area contributed by atoms with Gasteiger partial charge in [-0.15, -0.1) is 11.3 Å². The number of amides is 1. The van der Waals surface area contributed by atoms with Gasteiger partial charge in [0, 0.05) is 26.2 Å². The van der Waals surface area contributed by atoms with Crippen molar-refractivity contribution in [2.24, 2.45) is 0 Å². The Morgan fingerprint density at radius 1 is 1.04 bits per heavy atom. The largest absolute Gasteiger partial charge is 0.336 e. The van der Waals surface area contributed by atoms with Gasteiger partial charge in [0.25, 0.3) is 15.9 Å². The van der Waals surface area contributed by atoms with Gasteiger partial charge in [0.05, 0.1) is 19.9 Å². The number of rotatable bonds is 3. The Kier molecular flexibility index (Phi) is 5.81. The summed E-state index contributed by atoms with van der Waals surface area (Å²) in [6.07, 6.45) is 0. The highest BCUT2D eigenvalue weighted by atomic mass is 35.5. The molecule has 1 aliphatic heterocycles. The van der Waals surface area contributed by atoms with E-state index < -0.39 is 21.7 Å². The fourth-order valence-electron chi connectivity index (χ4n) is 2.55. The molecule has 1 saturated heterocycles. The Bertz CT molecular complexity index is 957. The van der Waals surface area contributed by atoms with Crippen LogP contribution in [0.5, 0.6) is 0 Å². The maximum atomic E-state index is 13.6. The number of carbonyl (C=O) groups excluding carboxylic acids is 1. The third-order valence-corrected chi connectivity index (χ3v) is 8.11. The van der Waals surface area contributed by atoms with Crippen LogP contribution in [-0.2, 0) is 10.0 Å². The molecule has 5 nitrogen and oxygen atoms in total. The number of halogens is 4. The Morgan fingerprint density at radius 2 is 1.69 bits per heavy atom. The minimum atomic E-state index is -3.65. The van der Waals surface area contributed by atoms with Crippen molar-refractivity contribution in [2.45, 2.75) is 4.21 Å². The molecule has 1 aliphatic rings. The minimum absolute atomic E-state index is 0.00471. The normalized spacial score (nSPS) is 16.1. The summed E-state index contributed by atoms with van der Waals surface area (Å²) in [4.78, 5) is 14.0. The second-order valence-corrected chi connectivity index (χ2v) is 10.2. The van der Waals surface area contributed by atoms with Crippen molar-refractivity contribution in [3.05, 3.63) is 50.0 Å². The van der Waals surface area contributed by atoms with Gasteiger partial charge in [-0.25, -0.2) is 12.8 Å². The van der Waals surface area contributed by atoms with E-state index in [-0.39, 0.29) is 46.0 Å². The molecule has 0 atom stereocenters. The maximum absolute atomic E-state index is 13.6. The molecule has 26 heavy (non-hydrogen) atoms. The first-order valence-electron chi connectivity index (χ1n) is 7.39. The minimum Gasteiger partial charge on any atom is -0.336 e. The molecule has 3 rings (SSSR count). The molecule has 11 heteroatoms. The first-order chi connectivity index (χ1) is 12.2. The molecular weight excluding hydrogens is 446 g/mol. The van der Waals surface area contributed by atoms with Crippen molar-refractivity contribution >= 4 is 62.1 Å². The lowest BCUT2D eigenvalue weighted by Crippen LogP contribution is -2.50. The Labute approximate surface area is 168 Å². The van der Waals surface area contributed by atoms with Gasteiger partial charge in [-0.05, 0) is 24.3 Å². The van der Waals surface area contributed by atoms with Gasteiger partial charge in [0.15, 0.2) is 0 Å². The summed E-state index contributed by atoms with van der Waals surface area (Å²) in [7, 11) is -3.65. The van der Waals surface area contributed by atoms with Gasteiger partial charge in [-0.3, -0.25) is 4.79 Å². The molecule has 0 N–H and O–H groups in total. The molecular formula is C15H12Cl3FN2O3S2. The monoisotopic (exact) mass is 456 g/mol. The first-order valence-corrected chi connectivity index (χ1v) is 10.8. The van der Waals surface area contributed by atoms with E-state index >= 15 is 0 Å². The van der Waals surface area contributed by atoms with Gasteiger partial charge in [-0.2, -0.15) is 4.31 Å². The number of benzene rings is 1. The second kappa shape index (κ2) is 7.61. The lowest BCUT2D eigenvalue weighted by molar-refractivity contribution is 0.0697. The number of hydrogen-bond donors (Lipinski definition) is 0. The van der Waals surface area contributed by atoms with E-state index in [1.54, 1.807) is 0 Å². The van der Waals surface area contributed by atoms with Crippen LogP contribution in [0.2, 0.25) is 14.4 Å². The SMILES string of the molecule is O=C(c1cc(F)c(Cl)cc1Cl)N1CCN(S(=O)(=O)c2ccc(Cl)s2)CC1. The van der Waals surface area contributed by atoms with Crippen LogP contribution < -0.4 is 0 Å². The number of sulfonamides is 1. The van der Waals surface area contributed by atoms with E-state index in [1.807, 2.05) is 0 Å². The fraction of sp³-hybridized carbons (Fsp3) is 0.267. The van der Waals surface area contributed by atoms with Crippen molar-refractivity contribution in [2.75, 3.05) is 26.2 Å². The zero-order chi connectivity index (χ0) is 19.1. The predicted molar refractivity (Wildman–Crippen MR) is 100 cm³/mol. The van der Waals surface area contributed by atoms with E-state index in [0.717, 1.165) is 17.4 Å². The van der Waals surface area contributed by atoms with Crippen LogP contribution in [0.3, 0.4) is 0 Å². The van der Waals surface area contributed by atoms with Crippen molar-refractivity contribution in [1.29, 1.82) is 0 Å². The summed E-state index contributed by atoms with van der Waals surface area (Å²) in [5, 5.41) is -0.123. The van der Waals surface area contributed by atoms with E-state index in [9.17, 15) is 17.6 Å². The second-order valence-electron chi connectivity index (χ2n) is 5.50. The molecule has 2 aromatic rings. The lowest BCUT2D eigenvalue weighted by Gasteiger charge is -2.33. The number of piperazine rings is 1. The van der Waals surface area contributed by atoms with E-state index in [2.05, 4.69) is 0 Å². The summed E-state index contributed by atoms with van der Waals surface area (Å²) in [6.45, 7) is 0.573. The van der Waals surface area contributed by atoms with Crippen LogP contribution in [-0.4, -0.2) is 49.7 Å². The van der Waals surface area contributed by atoms with E-state index in [4.69, 9.17) is 34.8 Å². The van der Waals surface area contributed by atoms with Gasteiger partial charge < -0.3 is 4.90 Å². The molecule has 0 radical (unpaired) electrons. The third kappa shape index (κ3) is 3.85. The molecule has 1 fully saturated rings. The predicted octanol–water partition coefficient (Wildman–Crippen LogP) is 3.99. The summed E-state index contributed by atoms with van der Waals surface area (Å²) >= 11 is 18.4. The van der Waals surface area contributed by atoms with Crippen molar-refractivity contribution in [1.82, 2.24) is 9.21 Å². The molecule has 0 unspecified atom stereocenters. The summed E-state index contributed by atoms with van der Waals surface area (Å²) in [6, 6.07) is 5.14. The van der Waals surface area contributed by atoms with E-state index in [0.29, 0.717) is 4.34 Å². The highest BCUT2D eigenvalue weighted by molar-refractivity contribution is 7.91. The molecule has 0 aliphatic carbocycles. The zero-order valence-corrected chi connectivity index (χ0v) is 17.0. The molecule has 140 valence electrons. The molecule has 0 spiro atoms. The third-order valence-electron chi connectivity index (χ3n) is 3.91. The summed E-state index contributed by atoms with van der Waals surface area (Å²) < 4.78 is 40.6. The first kappa shape index (κ1) is 19.9. The Balaban J connectivity index is 1.72. The van der Waals surface area contributed by atoms with Crippen molar-refractivity contribution in [3.63, 3.8) is 0 Å². The molecule has 1 aromatic carbocycles. The van der Waals surface area contributed by atoms with Crippen LogP contribution in [0.4, 0.5) is 4.39 Å². The van der Waals surface area contributed by atoms with Gasteiger partial charge in [-0.1, -0.05) is 34.8 Å². The van der Waals surface area contributed by atoms with Crippen LogP contribution in [0.1, 0.15) is 10.4 Å². The smallest absolute Gasteiger partial charge is 0.255 e. The van der Waals surface area contributed by atoms with Gasteiger partial charge in [0.1, 0.15) is 10.0 Å². The van der Waals surface area contributed by atoms with Crippen LogP contribution in [0.15, 0.2) is 28.5 Å².